The highest BCUT2D eigenvalue weighted by atomic mass is 16.6. The second-order valence-electron chi connectivity index (χ2n) is 4.53. The van der Waals surface area contributed by atoms with Crippen molar-refractivity contribution in [3.05, 3.63) is 0 Å². The van der Waals surface area contributed by atoms with Gasteiger partial charge in [-0.25, -0.2) is 4.79 Å². The normalized spacial score (nSPS) is 25.2. The summed E-state index contributed by atoms with van der Waals surface area (Å²) < 4.78 is 4.90. The number of carbonyl (C=O) groups excluding carboxylic acids is 1. The van der Waals surface area contributed by atoms with E-state index in [0.29, 0.717) is 6.04 Å². The van der Waals surface area contributed by atoms with Crippen LogP contribution in [0.1, 0.15) is 39.0 Å². The van der Waals surface area contributed by atoms with E-state index in [4.69, 9.17) is 9.84 Å². The molecular formula is C12H23NO3. The van der Waals surface area contributed by atoms with Gasteiger partial charge in [0.15, 0.2) is 0 Å². The van der Waals surface area contributed by atoms with Gasteiger partial charge >= 0.3 is 6.09 Å². The molecule has 1 aliphatic carbocycles. The summed E-state index contributed by atoms with van der Waals surface area (Å²) in [5.41, 5.74) is 0. The molecule has 1 aliphatic rings. The van der Waals surface area contributed by atoms with Crippen LogP contribution in [0.2, 0.25) is 0 Å². The molecule has 16 heavy (non-hydrogen) atoms. The van der Waals surface area contributed by atoms with Gasteiger partial charge in [0, 0.05) is 13.1 Å². The van der Waals surface area contributed by atoms with Gasteiger partial charge < -0.3 is 14.7 Å². The molecule has 1 amide bonds. The van der Waals surface area contributed by atoms with Crippen molar-refractivity contribution in [1.29, 1.82) is 0 Å². The lowest BCUT2D eigenvalue weighted by atomic mass is 9.84. The Labute approximate surface area is 97.6 Å². The van der Waals surface area contributed by atoms with Crippen molar-refractivity contribution in [3.8, 4) is 0 Å². The van der Waals surface area contributed by atoms with Crippen LogP contribution in [0.5, 0.6) is 0 Å². The minimum Gasteiger partial charge on any atom is -0.447 e. The summed E-state index contributed by atoms with van der Waals surface area (Å²) in [5, 5.41) is 8.58. The third kappa shape index (κ3) is 3.67. The van der Waals surface area contributed by atoms with Crippen LogP contribution >= 0.6 is 0 Å². The van der Waals surface area contributed by atoms with Crippen LogP contribution in [-0.4, -0.2) is 42.4 Å². The van der Waals surface area contributed by atoms with Gasteiger partial charge in [0.2, 0.25) is 0 Å². The number of amides is 1. The number of carbonyl (C=O) groups is 1. The smallest absolute Gasteiger partial charge is 0.409 e. The zero-order chi connectivity index (χ0) is 12.0. The number of nitrogens with zero attached hydrogens (tertiary/aromatic N) is 1. The van der Waals surface area contributed by atoms with Crippen molar-refractivity contribution in [2.75, 3.05) is 20.3 Å². The van der Waals surface area contributed by atoms with E-state index in [1.54, 1.807) is 11.9 Å². The summed E-state index contributed by atoms with van der Waals surface area (Å²) in [5.74, 6) is 0.832. The first-order valence-corrected chi connectivity index (χ1v) is 6.19. The lowest BCUT2D eigenvalue weighted by molar-refractivity contribution is 0.0703. The molecule has 94 valence electrons. The van der Waals surface area contributed by atoms with E-state index >= 15 is 0 Å². The molecule has 0 aliphatic heterocycles. The van der Waals surface area contributed by atoms with Gasteiger partial charge in [0.25, 0.3) is 0 Å². The summed E-state index contributed by atoms with van der Waals surface area (Å²) in [4.78, 5) is 13.2. The van der Waals surface area contributed by atoms with Crippen molar-refractivity contribution < 1.29 is 14.6 Å². The van der Waals surface area contributed by atoms with Crippen LogP contribution in [0, 0.1) is 5.92 Å². The maximum absolute atomic E-state index is 11.5. The minimum atomic E-state index is -0.311. The van der Waals surface area contributed by atoms with Gasteiger partial charge in [0.1, 0.15) is 6.61 Å². The summed E-state index contributed by atoms with van der Waals surface area (Å²) in [6, 6.07) is 0.314. The first-order valence-electron chi connectivity index (χ1n) is 6.19. The fourth-order valence-electron chi connectivity index (χ4n) is 2.32. The number of hydrogen-bond acceptors (Lipinski definition) is 3. The van der Waals surface area contributed by atoms with Gasteiger partial charge in [-0.3, -0.25) is 0 Å². The average molecular weight is 229 g/mol. The molecule has 1 fully saturated rings. The van der Waals surface area contributed by atoms with Crippen molar-refractivity contribution in [1.82, 2.24) is 4.90 Å². The third-order valence-electron chi connectivity index (χ3n) is 3.55. The predicted octanol–water partition coefficient (Wildman–Crippen LogP) is 2.02. The van der Waals surface area contributed by atoms with Crippen molar-refractivity contribution in [2.45, 2.75) is 45.1 Å². The van der Waals surface area contributed by atoms with Crippen LogP contribution in [0.25, 0.3) is 0 Å². The predicted molar refractivity (Wildman–Crippen MR) is 62.2 cm³/mol. The summed E-state index contributed by atoms with van der Waals surface area (Å²) >= 11 is 0. The van der Waals surface area contributed by atoms with E-state index in [-0.39, 0.29) is 19.3 Å². The lowest BCUT2D eigenvalue weighted by Gasteiger charge is -2.33. The molecule has 0 aromatic heterocycles. The highest BCUT2D eigenvalue weighted by Crippen LogP contribution is 2.29. The van der Waals surface area contributed by atoms with Crippen LogP contribution < -0.4 is 0 Å². The third-order valence-corrected chi connectivity index (χ3v) is 3.55. The standard InChI is InChI=1S/C12H23NO3/c1-3-10-4-6-11(7-5-10)13(2)12(15)16-9-8-14/h10-11,14H,3-9H2,1-2H3. The maximum Gasteiger partial charge on any atom is 0.409 e. The van der Waals surface area contributed by atoms with Gasteiger partial charge in [-0.05, 0) is 31.6 Å². The van der Waals surface area contributed by atoms with Crippen LogP contribution in [0.15, 0.2) is 0 Å². The van der Waals surface area contributed by atoms with E-state index in [9.17, 15) is 4.79 Å². The van der Waals surface area contributed by atoms with Gasteiger partial charge in [0.05, 0.1) is 6.61 Å². The lowest BCUT2D eigenvalue weighted by Crippen LogP contribution is -2.40. The van der Waals surface area contributed by atoms with E-state index in [1.807, 2.05) is 0 Å². The van der Waals surface area contributed by atoms with E-state index in [2.05, 4.69) is 6.92 Å². The zero-order valence-corrected chi connectivity index (χ0v) is 10.3. The first-order chi connectivity index (χ1) is 7.69. The Balaban J connectivity index is 2.32. The molecule has 1 saturated carbocycles. The van der Waals surface area contributed by atoms with Crippen LogP contribution in [0.3, 0.4) is 0 Å². The molecule has 0 unspecified atom stereocenters. The molecule has 0 heterocycles. The number of rotatable bonds is 4. The molecule has 1 rings (SSSR count). The highest BCUT2D eigenvalue weighted by Gasteiger charge is 2.26. The Morgan fingerprint density at radius 3 is 2.50 bits per heavy atom. The molecule has 0 bridgehead atoms. The molecule has 0 radical (unpaired) electrons. The molecule has 4 heteroatoms. The molecule has 0 aromatic carbocycles. The molecule has 4 nitrogen and oxygen atoms in total. The Kier molecular flexibility index (Phi) is 5.60. The quantitative estimate of drug-likeness (QED) is 0.802. The largest absolute Gasteiger partial charge is 0.447 e. The fraction of sp³-hybridized carbons (Fsp3) is 0.917. The number of ether oxygens (including phenoxy) is 1. The second-order valence-corrected chi connectivity index (χ2v) is 4.53. The van der Waals surface area contributed by atoms with E-state index in [1.165, 1.54) is 19.3 Å². The fourth-order valence-corrected chi connectivity index (χ4v) is 2.32. The van der Waals surface area contributed by atoms with Crippen LogP contribution in [0.4, 0.5) is 4.79 Å². The SMILES string of the molecule is CCC1CCC(N(C)C(=O)OCCO)CC1. The molecule has 0 spiro atoms. The van der Waals surface area contributed by atoms with Crippen molar-refractivity contribution in [2.24, 2.45) is 5.92 Å². The number of aliphatic hydroxyl groups is 1. The number of aliphatic hydroxyl groups excluding tert-OH is 1. The maximum atomic E-state index is 11.5. The van der Waals surface area contributed by atoms with Gasteiger partial charge in [-0.15, -0.1) is 0 Å². The topological polar surface area (TPSA) is 49.8 Å². The first kappa shape index (κ1) is 13.3. The highest BCUT2D eigenvalue weighted by molar-refractivity contribution is 5.67. The Bertz CT molecular complexity index is 212. The Morgan fingerprint density at radius 1 is 1.38 bits per heavy atom. The summed E-state index contributed by atoms with van der Waals surface area (Å²) in [6.45, 7) is 2.21. The zero-order valence-electron chi connectivity index (χ0n) is 10.3. The second kappa shape index (κ2) is 6.74. The molecule has 0 aromatic rings. The molecule has 1 N–H and O–H groups in total. The summed E-state index contributed by atoms with van der Waals surface area (Å²) in [6.07, 6.45) is 5.49. The van der Waals surface area contributed by atoms with E-state index in [0.717, 1.165) is 18.8 Å². The van der Waals surface area contributed by atoms with E-state index < -0.39 is 0 Å². The Morgan fingerprint density at radius 2 is 2.00 bits per heavy atom. The van der Waals surface area contributed by atoms with Crippen LogP contribution in [-0.2, 0) is 4.74 Å². The molecule has 0 saturated heterocycles. The number of hydrogen-bond donors (Lipinski definition) is 1. The van der Waals surface area contributed by atoms with Crippen molar-refractivity contribution in [3.63, 3.8) is 0 Å². The molecular weight excluding hydrogens is 206 g/mol. The van der Waals surface area contributed by atoms with Crippen molar-refractivity contribution >= 4 is 6.09 Å². The molecule has 0 atom stereocenters. The van der Waals surface area contributed by atoms with Gasteiger partial charge in [-0.1, -0.05) is 13.3 Å². The van der Waals surface area contributed by atoms with Gasteiger partial charge in [-0.2, -0.15) is 0 Å². The summed E-state index contributed by atoms with van der Waals surface area (Å²) in [7, 11) is 1.79. The minimum absolute atomic E-state index is 0.0908. The Hall–Kier alpha value is -0.770. The average Bonchev–Trinajstić information content (AvgIpc) is 2.35. The monoisotopic (exact) mass is 229 g/mol.